The van der Waals surface area contributed by atoms with Gasteiger partial charge in [0.1, 0.15) is 17.4 Å². The van der Waals surface area contributed by atoms with Crippen molar-refractivity contribution in [2.75, 3.05) is 38.6 Å². The third-order valence-electron chi connectivity index (χ3n) is 5.78. The van der Waals surface area contributed by atoms with E-state index in [1.807, 2.05) is 49.9 Å². The maximum Gasteiger partial charge on any atom is 0.410 e. The predicted molar refractivity (Wildman–Crippen MR) is 135 cm³/mol. The number of hydrogen-bond acceptors (Lipinski definition) is 9. The van der Waals surface area contributed by atoms with Crippen LogP contribution in [0.4, 0.5) is 10.6 Å². The third kappa shape index (κ3) is 7.00. The van der Waals surface area contributed by atoms with Gasteiger partial charge in [0.25, 0.3) is 0 Å². The van der Waals surface area contributed by atoms with Crippen LogP contribution in [0.25, 0.3) is 0 Å². The van der Waals surface area contributed by atoms with Crippen LogP contribution in [-0.4, -0.2) is 82.4 Å². The molecule has 1 N–H and O–H groups in total. The first-order valence-electron chi connectivity index (χ1n) is 12.1. The first-order valence-corrected chi connectivity index (χ1v) is 12.1. The van der Waals surface area contributed by atoms with Crippen molar-refractivity contribution in [3.05, 3.63) is 47.9 Å². The Morgan fingerprint density at radius 3 is 2.25 bits per heavy atom. The molecule has 0 radical (unpaired) electrons. The fourth-order valence-corrected chi connectivity index (χ4v) is 3.90. The number of aromatic nitrogens is 2. The van der Waals surface area contributed by atoms with Crippen molar-refractivity contribution in [3.63, 3.8) is 0 Å². The van der Waals surface area contributed by atoms with E-state index in [-0.39, 0.29) is 17.9 Å². The molecule has 10 heteroatoms. The number of Topliss-reactive ketones (excluding diaryl/α,β-unsaturated/α-hetero) is 2. The van der Waals surface area contributed by atoms with E-state index in [1.165, 1.54) is 12.4 Å². The summed E-state index contributed by atoms with van der Waals surface area (Å²) in [6.07, 6.45) is 2.76. The average Bonchev–Trinajstić information content (AvgIpc) is 2.87. The van der Waals surface area contributed by atoms with E-state index in [1.54, 1.807) is 18.9 Å². The van der Waals surface area contributed by atoms with Gasteiger partial charge in [-0.1, -0.05) is 19.1 Å². The number of ketones is 2. The molecule has 0 aliphatic carbocycles. The number of hydrogen-bond donors (Lipinski definition) is 1. The van der Waals surface area contributed by atoms with Crippen molar-refractivity contribution in [2.45, 2.75) is 52.3 Å². The van der Waals surface area contributed by atoms with Gasteiger partial charge in [-0.3, -0.25) is 14.5 Å². The maximum atomic E-state index is 13.6. The summed E-state index contributed by atoms with van der Waals surface area (Å²) in [6.45, 7) is 9.07. The number of carbonyl (C=O) groups is 3. The standard InChI is InChI=1S/C26H35N5O5/c1-6-20(32)22(30-13-15-31(16-14-30)25(34)36-26(2,3)4)23(33)21-24(28-12-11-27-21)29-17-18-7-9-19(35-5)10-8-18/h7-12,22H,6,13-17H2,1-5H3,(H,28,29). The first kappa shape index (κ1) is 27.1. The number of anilines is 1. The van der Waals surface area contributed by atoms with E-state index < -0.39 is 23.5 Å². The average molecular weight is 498 g/mol. The number of methoxy groups -OCH3 is 1. The van der Waals surface area contributed by atoms with Gasteiger partial charge in [-0.05, 0) is 38.5 Å². The van der Waals surface area contributed by atoms with Gasteiger partial charge in [0.15, 0.2) is 17.3 Å². The van der Waals surface area contributed by atoms with E-state index in [0.29, 0.717) is 38.5 Å². The van der Waals surface area contributed by atoms with Gasteiger partial charge < -0.3 is 19.7 Å². The molecule has 1 aliphatic rings. The van der Waals surface area contributed by atoms with Crippen LogP contribution in [0.15, 0.2) is 36.7 Å². The number of nitrogens with one attached hydrogen (secondary N) is 1. The Morgan fingerprint density at radius 1 is 1.03 bits per heavy atom. The molecule has 1 atom stereocenters. The summed E-state index contributed by atoms with van der Waals surface area (Å²) in [5.41, 5.74) is 0.498. The van der Waals surface area contributed by atoms with Crippen molar-refractivity contribution in [2.24, 2.45) is 0 Å². The van der Waals surface area contributed by atoms with Gasteiger partial charge in [0.05, 0.1) is 7.11 Å². The van der Waals surface area contributed by atoms with Crippen molar-refractivity contribution in [1.82, 2.24) is 19.8 Å². The number of rotatable bonds is 9. The fraction of sp³-hybridized carbons (Fsp3) is 0.500. The lowest BCUT2D eigenvalue weighted by molar-refractivity contribution is -0.122. The molecule has 36 heavy (non-hydrogen) atoms. The van der Waals surface area contributed by atoms with Crippen molar-refractivity contribution >= 4 is 23.5 Å². The summed E-state index contributed by atoms with van der Waals surface area (Å²) < 4.78 is 10.6. The highest BCUT2D eigenvalue weighted by molar-refractivity contribution is 6.15. The maximum absolute atomic E-state index is 13.6. The largest absolute Gasteiger partial charge is 0.497 e. The second-order valence-corrected chi connectivity index (χ2v) is 9.55. The van der Waals surface area contributed by atoms with Gasteiger partial charge >= 0.3 is 6.09 Å². The molecule has 1 aromatic heterocycles. The van der Waals surface area contributed by atoms with Gasteiger partial charge in [-0.25, -0.2) is 14.8 Å². The molecule has 3 rings (SSSR count). The summed E-state index contributed by atoms with van der Waals surface area (Å²) in [5, 5.41) is 3.17. The number of carbonyl (C=O) groups excluding carboxylic acids is 3. The normalized spacial score (nSPS) is 15.2. The SMILES string of the molecule is CCC(=O)C(C(=O)c1nccnc1NCc1ccc(OC)cc1)N1CCN(C(=O)OC(C)(C)C)CC1. The zero-order valence-electron chi connectivity index (χ0n) is 21.6. The van der Waals surface area contributed by atoms with Crippen LogP contribution < -0.4 is 10.1 Å². The molecule has 2 heterocycles. The highest BCUT2D eigenvalue weighted by Crippen LogP contribution is 2.20. The number of benzene rings is 1. The Morgan fingerprint density at radius 2 is 1.67 bits per heavy atom. The van der Waals surface area contributed by atoms with Crippen LogP contribution in [0.1, 0.15) is 50.2 Å². The monoisotopic (exact) mass is 497 g/mol. The summed E-state index contributed by atoms with van der Waals surface area (Å²) in [6, 6.07) is 6.54. The number of ether oxygens (including phenoxy) is 2. The van der Waals surface area contributed by atoms with Gasteiger partial charge in [0.2, 0.25) is 5.78 Å². The topological polar surface area (TPSA) is 114 Å². The number of nitrogens with zero attached hydrogens (tertiary/aromatic N) is 4. The Balaban J connectivity index is 1.73. The molecule has 1 aliphatic heterocycles. The lowest BCUT2D eigenvalue weighted by Gasteiger charge is -2.38. The van der Waals surface area contributed by atoms with Gasteiger partial charge in [0, 0.05) is 51.5 Å². The molecule has 1 saturated heterocycles. The van der Waals surface area contributed by atoms with Crippen molar-refractivity contribution in [1.29, 1.82) is 0 Å². The predicted octanol–water partition coefficient (Wildman–Crippen LogP) is 3.18. The number of amides is 1. The minimum atomic E-state index is -0.992. The Labute approximate surface area is 212 Å². The fourth-order valence-electron chi connectivity index (χ4n) is 3.90. The summed E-state index contributed by atoms with van der Waals surface area (Å²) in [7, 11) is 1.61. The van der Waals surface area contributed by atoms with E-state index in [0.717, 1.165) is 11.3 Å². The molecule has 194 valence electrons. The zero-order valence-corrected chi connectivity index (χ0v) is 21.6. The van der Waals surface area contributed by atoms with Crippen LogP contribution in [0, 0.1) is 0 Å². The Bertz CT molecular complexity index is 1060. The van der Waals surface area contributed by atoms with E-state index in [4.69, 9.17) is 9.47 Å². The summed E-state index contributed by atoms with van der Waals surface area (Å²) >= 11 is 0. The first-order chi connectivity index (χ1) is 17.1. The Hall–Kier alpha value is -3.53. The second-order valence-electron chi connectivity index (χ2n) is 9.55. The third-order valence-corrected chi connectivity index (χ3v) is 5.78. The van der Waals surface area contributed by atoms with Gasteiger partial charge in [-0.15, -0.1) is 0 Å². The van der Waals surface area contributed by atoms with E-state index >= 15 is 0 Å². The molecule has 1 aromatic carbocycles. The molecule has 10 nitrogen and oxygen atoms in total. The second kappa shape index (κ2) is 11.9. The van der Waals surface area contributed by atoms with E-state index in [2.05, 4.69) is 15.3 Å². The smallest absolute Gasteiger partial charge is 0.410 e. The molecule has 0 saturated carbocycles. The molecular formula is C26H35N5O5. The van der Waals surface area contributed by atoms with Crippen LogP contribution in [0.3, 0.4) is 0 Å². The highest BCUT2D eigenvalue weighted by Gasteiger charge is 2.37. The molecule has 1 unspecified atom stereocenters. The molecular weight excluding hydrogens is 462 g/mol. The van der Waals surface area contributed by atoms with Crippen LogP contribution in [-0.2, 0) is 16.1 Å². The lowest BCUT2D eigenvalue weighted by Crippen LogP contribution is -2.57. The van der Waals surface area contributed by atoms with Crippen LogP contribution in [0.5, 0.6) is 5.75 Å². The van der Waals surface area contributed by atoms with Crippen LogP contribution >= 0.6 is 0 Å². The quantitative estimate of drug-likeness (QED) is 0.412. The van der Waals surface area contributed by atoms with Crippen molar-refractivity contribution < 1.29 is 23.9 Å². The summed E-state index contributed by atoms with van der Waals surface area (Å²) in [5.74, 6) is 0.469. The van der Waals surface area contributed by atoms with Crippen molar-refractivity contribution in [3.8, 4) is 5.75 Å². The molecule has 2 aromatic rings. The van der Waals surface area contributed by atoms with E-state index in [9.17, 15) is 14.4 Å². The minimum Gasteiger partial charge on any atom is -0.497 e. The summed E-state index contributed by atoms with van der Waals surface area (Å²) in [4.78, 5) is 51.0. The number of piperazine rings is 1. The minimum absolute atomic E-state index is 0.118. The molecule has 1 fully saturated rings. The lowest BCUT2D eigenvalue weighted by atomic mass is 10.00. The zero-order chi connectivity index (χ0) is 26.3. The van der Waals surface area contributed by atoms with Crippen LogP contribution in [0.2, 0.25) is 0 Å². The molecule has 1 amide bonds. The Kier molecular flexibility index (Phi) is 8.98. The molecule has 0 spiro atoms. The highest BCUT2D eigenvalue weighted by atomic mass is 16.6. The van der Waals surface area contributed by atoms with Gasteiger partial charge in [-0.2, -0.15) is 0 Å². The molecule has 0 bridgehead atoms.